The number of fused-ring (bicyclic) bond motifs is 1. The van der Waals surface area contributed by atoms with Gasteiger partial charge in [-0.1, -0.05) is 5.16 Å². The van der Waals surface area contributed by atoms with E-state index in [0.717, 1.165) is 30.2 Å². The molecule has 4 aromatic rings. The smallest absolute Gasteiger partial charge is 0.394 e. The summed E-state index contributed by atoms with van der Waals surface area (Å²) in [6.45, 7) is 6.51. The van der Waals surface area contributed by atoms with Gasteiger partial charge < -0.3 is 19.1 Å². The highest BCUT2D eigenvalue weighted by Gasteiger charge is 2.39. The van der Waals surface area contributed by atoms with Crippen LogP contribution in [0.4, 0.5) is 14.6 Å². The molecule has 6 rings (SSSR count). The Labute approximate surface area is 219 Å². The number of ether oxygens (including phenoxy) is 1. The Bertz CT molecular complexity index is 1430. The number of likely N-dealkylation sites (tertiary alicyclic amines) is 1. The van der Waals surface area contributed by atoms with Gasteiger partial charge in [-0.05, 0) is 80.9 Å². The average Bonchev–Trinajstić information content (AvgIpc) is 3.65. The molecule has 0 saturated carbocycles. The van der Waals surface area contributed by atoms with Gasteiger partial charge in [0.05, 0.1) is 6.54 Å². The molecule has 0 spiro atoms. The molecule has 2 aliphatic rings. The van der Waals surface area contributed by atoms with Gasteiger partial charge in [0.15, 0.2) is 5.69 Å². The largest absolute Gasteiger partial charge is 0.433 e. The maximum atomic E-state index is 13.1. The van der Waals surface area contributed by atoms with Crippen LogP contribution in [0.5, 0.6) is 5.75 Å². The molecular weight excluding hydrogens is 492 g/mol. The first kappa shape index (κ1) is 24.5. The van der Waals surface area contributed by atoms with Gasteiger partial charge in [-0.3, -0.25) is 4.68 Å². The second kappa shape index (κ2) is 9.46. The topological polar surface area (TPSA) is 85.3 Å². The zero-order chi connectivity index (χ0) is 26.4. The van der Waals surface area contributed by atoms with E-state index in [-0.39, 0.29) is 11.6 Å². The number of halogens is 2. The second-order valence-corrected chi connectivity index (χ2v) is 10.2. The first-order valence-electron chi connectivity index (χ1n) is 12.7. The van der Waals surface area contributed by atoms with Gasteiger partial charge in [0.1, 0.15) is 11.6 Å². The molecule has 9 nitrogen and oxygen atoms in total. The number of pyridine rings is 1. The molecule has 0 amide bonds. The number of rotatable bonds is 7. The third-order valence-corrected chi connectivity index (χ3v) is 7.33. The molecule has 1 aromatic carbocycles. The normalized spacial score (nSPS) is 19.8. The lowest BCUT2D eigenvalue weighted by Crippen LogP contribution is -2.32. The van der Waals surface area contributed by atoms with Crippen LogP contribution in [0.1, 0.15) is 24.6 Å². The van der Waals surface area contributed by atoms with Gasteiger partial charge in [0.2, 0.25) is 5.82 Å². The molecule has 11 heteroatoms. The van der Waals surface area contributed by atoms with Crippen LogP contribution in [-0.2, 0) is 6.54 Å². The van der Waals surface area contributed by atoms with Gasteiger partial charge in [0.25, 0.3) is 5.89 Å². The second-order valence-electron chi connectivity index (χ2n) is 10.2. The SMILES string of the molecule is Cc1cc(-c2nc(-c3ccc(OC(C)(F)F)cc3)no2)nn1Cc1ccnc(N2CC3CCN(C)C3C2)c1. The van der Waals surface area contributed by atoms with Crippen molar-refractivity contribution in [3.05, 3.63) is 59.9 Å². The lowest BCUT2D eigenvalue weighted by molar-refractivity contribution is -0.158. The van der Waals surface area contributed by atoms with E-state index in [0.29, 0.717) is 42.5 Å². The number of anilines is 1. The van der Waals surface area contributed by atoms with E-state index in [4.69, 9.17) is 9.62 Å². The van der Waals surface area contributed by atoms with Crippen molar-refractivity contribution in [2.45, 2.75) is 39.0 Å². The van der Waals surface area contributed by atoms with Gasteiger partial charge >= 0.3 is 6.11 Å². The molecule has 2 atom stereocenters. The Morgan fingerprint density at radius 3 is 2.71 bits per heavy atom. The summed E-state index contributed by atoms with van der Waals surface area (Å²) in [4.78, 5) is 14.0. The van der Waals surface area contributed by atoms with Crippen LogP contribution >= 0.6 is 0 Å². The minimum absolute atomic E-state index is 0.0542. The number of aromatic nitrogens is 5. The fourth-order valence-electron chi connectivity index (χ4n) is 5.36. The monoisotopic (exact) mass is 521 g/mol. The van der Waals surface area contributed by atoms with Crippen LogP contribution in [0.25, 0.3) is 23.0 Å². The maximum absolute atomic E-state index is 13.1. The quantitative estimate of drug-likeness (QED) is 0.352. The van der Waals surface area contributed by atoms with E-state index in [1.165, 1.54) is 25.1 Å². The van der Waals surface area contributed by atoms with Crippen molar-refractivity contribution in [1.82, 2.24) is 29.8 Å². The number of likely N-dealkylation sites (N-methyl/N-ethyl adjacent to an activating group) is 1. The summed E-state index contributed by atoms with van der Waals surface area (Å²) in [5.41, 5.74) is 3.25. The molecular formula is C27H29F2N7O2. The number of hydrogen-bond acceptors (Lipinski definition) is 8. The molecule has 0 radical (unpaired) electrons. The number of hydrogen-bond donors (Lipinski definition) is 0. The third kappa shape index (κ3) is 4.98. The Morgan fingerprint density at radius 1 is 1.13 bits per heavy atom. The van der Waals surface area contributed by atoms with Gasteiger partial charge in [-0.2, -0.15) is 18.9 Å². The molecule has 198 valence electrons. The molecule has 2 fully saturated rings. The Morgan fingerprint density at radius 2 is 1.95 bits per heavy atom. The van der Waals surface area contributed by atoms with Crippen LogP contribution in [0.3, 0.4) is 0 Å². The molecule has 0 aliphatic carbocycles. The van der Waals surface area contributed by atoms with E-state index in [1.807, 2.05) is 29.9 Å². The third-order valence-electron chi connectivity index (χ3n) is 7.33. The van der Waals surface area contributed by atoms with Crippen molar-refractivity contribution in [2.24, 2.45) is 5.92 Å². The van der Waals surface area contributed by atoms with E-state index in [2.05, 4.69) is 42.8 Å². The van der Waals surface area contributed by atoms with Crippen LogP contribution < -0.4 is 9.64 Å². The molecule has 5 heterocycles. The molecule has 2 aliphatic heterocycles. The fourth-order valence-corrected chi connectivity index (χ4v) is 5.36. The highest BCUT2D eigenvalue weighted by molar-refractivity contribution is 5.59. The minimum Gasteiger partial charge on any atom is -0.433 e. The van der Waals surface area contributed by atoms with Crippen molar-refractivity contribution in [3.63, 3.8) is 0 Å². The number of benzene rings is 1. The van der Waals surface area contributed by atoms with Crippen molar-refractivity contribution >= 4 is 5.82 Å². The van der Waals surface area contributed by atoms with Crippen molar-refractivity contribution in [3.8, 4) is 28.7 Å². The fraction of sp³-hybridized carbons (Fsp3) is 0.407. The Kier molecular flexibility index (Phi) is 6.10. The highest BCUT2D eigenvalue weighted by atomic mass is 19.3. The summed E-state index contributed by atoms with van der Waals surface area (Å²) in [5, 5.41) is 8.73. The summed E-state index contributed by atoms with van der Waals surface area (Å²) in [5.74, 6) is 2.40. The molecule has 0 bridgehead atoms. The number of nitrogens with zero attached hydrogens (tertiary/aromatic N) is 7. The molecule has 2 unspecified atom stereocenters. The maximum Gasteiger partial charge on any atom is 0.394 e. The lowest BCUT2D eigenvalue weighted by Gasteiger charge is -2.21. The first-order chi connectivity index (χ1) is 18.2. The van der Waals surface area contributed by atoms with E-state index in [1.54, 1.807) is 12.1 Å². The summed E-state index contributed by atoms with van der Waals surface area (Å²) in [6, 6.07) is 12.8. The Hall–Kier alpha value is -3.86. The average molecular weight is 522 g/mol. The van der Waals surface area contributed by atoms with Gasteiger partial charge in [-0.25, -0.2) is 4.98 Å². The van der Waals surface area contributed by atoms with Crippen LogP contribution in [0.2, 0.25) is 0 Å². The molecule has 0 N–H and O–H groups in total. The molecule has 2 saturated heterocycles. The van der Waals surface area contributed by atoms with Gasteiger partial charge in [0, 0.05) is 43.5 Å². The van der Waals surface area contributed by atoms with E-state index < -0.39 is 6.11 Å². The predicted octanol–water partition coefficient (Wildman–Crippen LogP) is 4.48. The summed E-state index contributed by atoms with van der Waals surface area (Å²) in [6.07, 6.45) is -0.133. The number of alkyl halides is 2. The Balaban J connectivity index is 1.15. The molecule has 3 aromatic heterocycles. The van der Waals surface area contributed by atoms with Crippen LogP contribution in [-0.4, -0.2) is 68.6 Å². The van der Waals surface area contributed by atoms with Gasteiger partial charge in [-0.15, -0.1) is 0 Å². The van der Waals surface area contributed by atoms with Crippen LogP contribution in [0.15, 0.2) is 53.2 Å². The lowest BCUT2D eigenvalue weighted by atomic mass is 10.1. The summed E-state index contributed by atoms with van der Waals surface area (Å²) < 4.78 is 38.1. The van der Waals surface area contributed by atoms with E-state index >= 15 is 0 Å². The predicted molar refractivity (Wildman–Crippen MR) is 137 cm³/mol. The first-order valence-corrected chi connectivity index (χ1v) is 12.7. The van der Waals surface area contributed by atoms with Crippen molar-refractivity contribution in [1.29, 1.82) is 0 Å². The standard InChI is InChI=1S/C27H29F2N7O2/c1-17-12-22(26-31-25(33-38-26)19-4-6-21(7-5-19)37-27(2,28)29)32-36(17)14-18-8-10-30-24(13-18)35-15-20-9-11-34(3)23(20)16-35/h4-8,10,12-13,20,23H,9,11,14-16H2,1-3H3. The van der Waals surface area contributed by atoms with Crippen LogP contribution in [0, 0.1) is 12.8 Å². The highest BCUT2D eigenvalue weighted by Crippen LogP contribution is 2.33. The molecule has 38 heavy (non-hydrogen) atoms. The summed E-state index contributed by atoms with van der Waals surface area (Å²) in [7, 11) is 2.21. The zero-order valence-electron chi connectivity index (χ0n) is 21.5. The number of aryl methyl sites for hydroxylation is 1. The minimum atomic E-state index is -3.25. The van der Waals surface area contributed by atoms with E-state index in [9.17, 15) is 8.78 Å². The summed E-state index contributed by atoms with van der Waals surface area (Å²) >= 11 is 0. The zero-order valence-corrected chi connectivity index (χ0v) is 21.5. The van der Waals surface area contributed by atoms with Crippen molar-refractivity contribution in [2.75, 3.05) is 31.6 Å². The van der Waals surface area contributed by atoms with Crippen molar-refractivity contribution < 1.29 is 18.0 Å².